The van der Waals surface area contributed by atoms with Crippen molar-refractivity contribution >= 4 is 40.1 Å². The van der Waals surface area contributed by atoms with Gasteiger partial charge >= 0.3 is 5.97 Å². The minimum atomic E-state index is -1.22. The van der Waals surface area contributed by atoms with Gasteiger partial charge < -0.3 is 19.3 Å². The molecule has 0 atom stereocenters. The summed E-state index contributed by atoms with van der Waals surface area (Å²) in [6.45, 7) is 1.92. The van der Waals surface area contributed by atoms with E-state index in [9.17, 15) is 14.7 Å². The number of methoxy groups -OCH3 is 3. The second-order valence-electron chi connectivity index (χ2n) is 8.03. The third-order valence-corrected chi connectivity index (χ3v) is 6.31. The van der Waals surface area contributed by atoms with Crippen molar-refractivity contribution in [2.75, 3.05) is 21.3 Å². The van der Waals surface area contributed by atoms with E-state index in [1.54, 1.807) is 42.5 Å². The zero-order valence-electron chi connectivity index (χ0n) is 20.2. The highest BCUT2D eigenvalue weighted by Gasteiger charge is 2.25. The largest absolute Gasteiger partial charge is 0.493 e. The molecule has 4 rings (SSSR count). The molecule has 0 unspecified atom stereocenters. The van der Waals surface area contributed by atoms with Crippen LogP contribution in [0.1, 0.15) is 27.0 Å². The number of carbonyl (C=O) groups is 2. The van der Waals surface area contributed by atoms with Crippen LogP contribution in [0.3, 0.4) is 0 Å². The van der Waals surface area contributed by atoms with Crippen LogP contribution in [0.15, 0.2) is 60.2 Å². The van der Waals surface area contributed by atoms with Gasteiger partial charge in [-0.1, -0.05) is 35.9 Å². The van der Waals surface area contributed by atoms with E-state index in [1.165, 1.54) is 21.3 Å². The van der Waals surface area contributed by atoms with E-state index in [-0.39, 0.29) is 17.6 Å². The molecule has 1 aromatic heterocycles. The van der Waals surface area contributed by atoms with Gasteiger partial charge in [0.15, 0.2) is 17.3 Å². The quantitative estimate of drug-likeness (QED) is 0.251. The number of aliphatic carboxylic acids is 1. The smallest absolute Gasteiger partial charge is 0.336 e. The minimum absolute atomic E-state index is 0.0123. The number of allylic oxidation sites excluding steroid dienone is 1. The zero-order valence-corrected chi connectivity index (χ0v) is 21.0. The Kier molecular flexibility index (Phi) is 7.30. The number of Topliss-reactive ketones (excluding diaryl/α,β-unsaturated/α-hetero) is 1. The van der Waals surface area contributed by atoms with Gasteiger partial charge in [0.1, 0.15) is 11.0 Å². The van der Waals surface area contributed by atoms with Crippen LogP contribution in [0, 0.1) is 6.92 Å². The first-order valence-corrected chi connectivity index (χ1v) is 11.7. The molecule has 0 amide bonds. The van der Waals surface area contributed by atoms with Gasteiger partial charge in [0.25, 0.3) is 0 Å². The summed E-state index contributed by atoms with van der Waals surface area (Å²) >= 11 is 1.04. The van der Waals surface area contributed by atoms with Crippen molar-refractivity contribution in [2.24, 2.45) is 0 Å². The summed E-state index contributed by atoms with van der Waals surface area (Å²) in [5, 5.41) is 10.3. The molecule has 0 aliphatic heterocycles. The molecule has 0 saturated heterocycles. The SMILES string of the molecule is COc1cc(C/C(C(=O)c2ccc(C)cc2)=C(\C(=O)O)c2ccc3nsnc3c2)cc(OC)c1OC. The van der Waals surface area contributed by atoms with E-state index in [4.69, 9.17) is 14.2 Å². The summed E-state index contributed by atoms with van der Waals surface area (Å²) in [6.07, 6.45) is 0.0123. The molecule has 8 nitrogen and oxygen atoms in total. The van der Waals surface area contributed by atoms with Crippen LogP contribution in [0.5, 0.6) is 17.2 Å². The van der Waals surface area contributed by atoms with Crippen LogP contribution >= 0.6 is 11.7 Å². The van der Waals surface area contributed by atoms with Crippen molar-refractivity contribution in [2.45, 2.75) is 13.3 Å². The molecule has 0 saturated carbocycles. The van der Waals surface area contributed by atoms with Gasteiger partial charge in [-0.15, -0.1) is 0 Å². The maximum Gasteiger partial charge on any atom is 0.336 e. The van der Waals surface area contributed by atoms with Crippen molar-refractivity contribution in [3.05, 3.63) is 82.4 Å². The second-order valence-corrected chi connectivity index (χ2v) is 8.56. The average molecular weight is 505 g/mol. The van der Waals surface area contributed by atoms with Gasteiger partial charge in [0.05, 0.1) is 38.6 Å². The number of carboxylic acids is 1. The number of benzene rings is 3. The second kappa shape index (κ2) is 10.6. The van der Waals surface area contributed by atoms with Gasteiger partial charge in [-0.25, -0.2) is 4.79 Å². The fourth-order valence-electron chi connectivity index (χ4n) is 3.97. The Bertz CT molecular complexity index is 1450. The number of ketones is 1. The topological polar surface area (TPSA) is 108 Å². The first-order valence-electron chi connectivity index (χ1n) is 11.0. The van der Waals surface area contributed by atoms with E-state index >= 15 is 0 Å². The summed E-state index contributed by atoms with van der Waals surface area (Å²) in [6, 6.07) is 15.4. The lowest BCUT2D eigenvalue weighted by molar-refractivity contribution is -0.130. The lowest BCUT2D eigenvalue weighted by Gasteiger charge is -2.16. The number of fused-ring (bicyclic) bond motifs is 1. The Morgan fingerprint density at radius 3 is 2.03 bits per heavy atom. The molecule has 0 aliphatic rings. The fourth-order valence-corrected chi connectivity index (χ4v) is 4.48. The highest BCUT2D eigenvalue weighted by atomic mass is 32.1. The summed E-state index contributed by atoms with van der Waals surface area (Å²) in [4.78, 5) is 26.4. The Labute approximate surface area is 212 Å². The summed E-state index contributed by atoms with van der Waals surface area (Å²) < 4.78 is 24.7. The first-order chi connectivity index (χ1) is 17.4. The number of aromatic nitrogens is 2. The maximum absolute atomic E-state index is 13.8. The minimum Gasteiger partial charge on any atom is -0.493 e. The van der Waals surface area contributed by atoms with Gasteiger partial charge in [-0.3, -0.25) is 4.79 Å². The normalized spacial score (nSPS) is 11.7. The van der Waals surface area contributed by atoms with Crippen LogP contribution in [0.25, 0.3) is 16.6 Å². The number of ether oxygens (including phenoxy) is 3. The highest BCUT2D eigenvalue weighted by Crippen LogP contribution is 2.39. The first kappa shape index (κ1) is 24.9. The predicted octanol–water partition coefficient (Wildman–Crippen LogP) is 4.99. The van der Waals surface area contributed by atoms with Crippen molar-refractivity contribution in [1.29, 1.82) is 0 Å². The number of carboxylic acid groups (broad SMARTS) is 1. The lowest BCUT2D eigenvalue weighted by atomic mass is 9.89. The van der Waals surface area contributed by atoms with Crippen LogP contribution < -0.4 is 14.2 Å². The van der Waals surface area contributed by atoms with Crippen molar-refractivity contribution in [1.82, 2.24) is 8.75 Å². The third kappa shape index (κ3) is 4.92. The molecule has 0 radical (unpaired) electrons. The third-order valence-electron chi connectivity index (χ3n) is 5.75. The summed E-state index contributed by atoms with van der Waals surface area (Å²) in [5.74, 6) is -0.404. The molecule has 184 valence electrons. The number of hydrogen-bond acceptors (Lipinski definition) is 8. The molecular weight excluding hydrogens is 480 g/mol. The van der Waals surface area contributed by atoms with E-state index in [0.29, 0.717) is 45.0 Å². The Hall–Kier alpha value is -4.24. The molecule has 0 bridgehead atoms. The molecule has 1 heterocycles. The van der Waals surface area contributed by atoms with E-state index < -0.39 is 11.8 Å². The number of carbonyl (C=O) groups excluding carboxylic acids is 1. The van der Waals surface area contributed by atoms with Crippen molar-refractivity contribution < 1.29 is 28.9 Å². The van der Waals surface area contributed by atoms with Gasteiger partial charge in [-0.2, -0.15) is 8.75 Å². The average Bonchev–Trinajstić information content (AvgIpc) is 3.35. The lowest BCUT2D eigenvalue weighted by Crippen LogP contribution is -2.14. The van der Waals surface area contributed by atoms with Crippen LogP contribution in [0.2, 0.25) is 0 Å². The summed E-state index contributed by atoms with van der Waals surface area (Å²) in [5.41, 5.74) is 3.59. The standard InChI is InChI=1S/C27H24N2O6S/c1-15-5-7-17(8-6-15)25(30)19(11-16-12-22(33-2)26(35-4)23(13-16)34-3)24(27(31)32)18-9-10-20-21(14-18)29-36-28-20/h5-10,12-14H,11H2,1-4H3,(H,31,32)/b24-19+. The number of hydrogen-bond donors (Lipinski definition) is 1. The summed E-state index contributed by atoms with van der Waals surface area (Å²) in [7, 11) is 4.49. The molecule has 1 N–H and O–H groups in total. The van der Waals surface area contributed by atoms with E-state index in [1.807, 2.05) is 19.1 Å². The van der Waals surface area contributed by atoms with E-state index in [2.05, 4.69) is 8.75 Å². The molecule has 0 spiro atoms. The molecule has 0 aliphatic carbocycles. The zero-order chi connectivity index (χ0) is 25.8. The Balaban J connectivity index is 1.94. The number of aryl methyl sites for hydroxylation is 1. The van der Waals surface area contributed by atoms with Crippen LogP contribution in [-0.4, -0.2) is 46.9 Å². The highest BCUT2D eigenvalue weighted by molar-refractivity contribution is 7.00. The predicted molar refractivity (Wildman–Crippen MR) is 137 cm³/mol. The fraction of sp³-hybridized carbons (Fsp3) is 0.185. The Morgan fingerprint density at radius 2 is 1.44 bits per heavy atom. The number of rotatable bonds is 9. The molecule has 9 heteroatoms. The Morgan fingerprint density at radius 1 is 0.833 bits per heavy atom. The van der Waals surface area contributed by atoms with Crippen LogP contribution in [0.4, 0.5) is 0 Å². The van der Waals surface area contributed by atoms with Crippen LogP contribution in [-0.2, 0) is 11.2 Å². The van der Waals surface area contributed by atoms with Crippen molar-refractivity contribution in [3.8, 4) is 17.2 Å². The molecule has 4 aromatic rings. The van der Waals surface area contributed by atoms with Gasteiger partial charge in [0, 0.05) is 17.6 Å². The van der Waals surface area contributed by atoms with Crippen molar-refractivity contribution in [3.63, 3.8) is 0 Å². The maximum atomic E-state index is 13.8. The molecule has 3 aromatic carbocycles. The van der Waals surface area contributed by atoms with Gasteiger partial charge in [0.2, 0.25) is 5.75 Å². The molecule has 0 fully saturated rings. The van der Waals surface area contributed by atoms with E-state index in [0.717, 1.165) is 17.3 Å². The number of nitrogens with zero attached hydrogens (tertiary/aromatic N) is 2. The monoisotopic (exact) mass is 504 g/mol. The molecule has 36 heavy (non-hydrogen) atoms. The molecular formula is C27H24N2O6S. The van der Waals surface area contributed by atoms with Gasteiger partial charge in [-0.05, 0) is 42.3 Å².